The van der Waals surface area contributed by atoms with E-state index in [9.17, 15) is 0 Å². The number of rotatable bonds is 3. The molecule has 1 rings (SSSR count). The van der Waals surface area contributed by atoms with Crippen molar-refractivity contribution in [2.45, 2.75) is 20.8 Å². The van der Waals surface area contributed by atoms with Gasteiger partial charge in [0.05, 0.1) is 0 Å². The molecule has 0 aliphatic carbocycles. The molecular formula is C8H13N3S. The monoisotopic (exact) mass is 183 g/mol. The standard InChI is InChI=1S/C8H13N3S/c1-6(2)4-5-9-8-11-10-7(3)12-8/h4H,5H2,1-3H3,(H,9,11). The van der Waals surface area contributed by atoms with E-state index in [-0.39, 0.29) is 0 Å². The van der Waals surface area contributed by atoms with Gasteiger partial charge in [0.2, 0.25) is 5.13 Å². The summed E-state index contributed by atoms with van der Waals surface area (Å²) in [6.45, 7) is 6.93. The summed E-state index contributed by atoms with van der Waals surface area (Å²) in [7, 11) is 0. The lowest BCUT2D eigenvalue weighted by atomic mass is 10.3. The summed E-state index contributed by atoms with van der Waals surface area (Å²) in [5, 5.41) is 12.9. The number of nitrogens with one attached hydrogen (secondary N) is 1. The third-order valence-corrected chi connectivity index (χ3v) is 2.09. The third kappa shape index (κ3) is 3.00. The summed E-state index contributed by atoms with van der Waals surface area (Å²) in [5.74, 6) is 0. The lowest BCUT2D eigenvalue weighted by Crippen LogP contribution is -1.97. The Balaban J connectivity index is 2.38. The molecule has 0 spiro atoms. The van der Waals surface area contributed by atoms with E-state index in [2.05, 4.69) is 35.4 Å². The second-order valence-corrected chi connectivity index (χ2v) is 3.97. The predicted molar refractivity (Wildman–Crippen MR) is 52.6 cm³/mol. The molecule has 0 unspecified atom stereocenters. The molecule has 1 heterocycles. The van der Waals surface area contributed by atoms with Crippen LogP contribution in [-0.2, 0) is 0 Å². The molecule has 0 amide bonds. The maximum Gasteiger partial charge on any atom is 0.205 e. The molecule has 0 bridgehead atoms. The Morgan fingerprint density at radius 1 is 1.50 bits per heavy atom. The van der Waals surface area contributed by atoms with Crippen molar-refractivity contribution < 1.29 is 0 Å². The minimum absolute atomic E-state index is 0.830. The van der Waals surface area contributed by atoms with Crippen LogP contribution in [0.1, 0.15) is 18.9 Å². The highest BCUT2D eigenvalue weighted by Gasteiger charge is 1.95. The molecule has 0 fully saturated rings. The Morgan fingerprint density at radius 2 is 2.25 bits per heavy atom. The van der Waals surface area contributed by atoms with Crippen molar-refractivity contribution in [3.8, 4) is 0 Å². The van der Waals surface area contributed by atoms with Crippen molar-refractivity contribution in [3.05, 3.63) is 16.7 Å². The average Bonchev–Trinajstić information content (AvgIpc) is 2.35. The van der Waals surface area contributed by atoms with Crippen molar-refractivity contribution in [2.75, 3.05) is 11.9 Å². The number of nitrogens with zero attached hydrogens (tertiary/aromatic N) is 2. The fourth-order valence-corrected chi connectivity index (χ4v) is 1.31. The van der Waals surface area contributed by atoms with Gasteiger partial charge >= 0.3 is 0 Å². The minimum Gasteiger partial charge on any atom is -0.357 e. The molecule has 4 heteroatoms. The number of allylic oxidation sites excluding steroid dienone is 1. The summed E-state index contributed by atoms with van der Waals surface area (Å²) >= 11 is 1.58. The SMILES string of the molecule is CC(C)=CCNc1nnc(C)s1. The zero-order valence-corrected chi connectivity index (χ0v) is 8.40. The summed E-state index contributed by atoms with van der Waals surface area (Å²) in [5.41, 5.74) is 1.31. The second kappa shape index (κ2) is 4.21. The highest BCUT2D eigenvalue weighted by molar-refractivity contribution is 7.15. The largest absolute Gasteiger partial charge is 0.357 e. The molecule has 1 aromatic heterocycles. The van der Waals surface area contributed by atoms with Crippen LogP contribution in [0.4, 0.5) is 5.13 Å². The van der Waals surface area contributed by atoms with Crippen molar-refractivity contribution in [3.63, 3.8) is 0 Å². The zero-order chi connectivity index (χ0) is 8.97. The Bertz CT molecular complexity index is 274. The summed E-state index contributed by atoms with van der Waals surface area (Å²) in [6.07, 6.45) is 2.12. The van der Waals surface area contributed by atoms with Gasteiger partial charge in [-0.05, 0) is 20.8 Å². The smallest absolute Gasteiger partial charge is 0.205 e. The maximum atomic E-state index is 3.94. The fraction of sp³-hybridized carbons (Fsp3) is 0.500. The van der Waals surface area contributed by atoms with Crippen LogP contribution < -0.4 is 5.32 Å². The molecular weight excluding hydrogens is 170 g/mol. The number of aryl methyl sites for hydroxylation is 1. The van der Waals surface area contributed by atoms with Crippen LogP contribution >= 0.6 is 11.3 Å². The van der Waals surface area contributed by atoms with Gasteiger partial charge in [-0.2, -0.15) is 0 Å². The van der Waals surface area contributed by atoms with Crippen molar-refractivity contribution in [1.29, 1.82) is 0 Å². The maximum absolute atomic E-state index is 3.94. The van der Waals surface area contributed by atoms with Gasteiger partial charge in [-0.1, -0.05) is 23.0 Å². The van der Waals surface area contributed by atoms with E-state index >= 15 is 0 Å². The van der Waals surface area contributed by atoms with E-state index < -0.39 is 0 Å². The predicted octanol–water partition coefficient (Wildman–Crippen LogP) is 2.22. The van der Waals surface area contributed by atoms with E-state index in [4.69, 9.17) is 0 Å². The molecule has 0 atom stereocenters. The first kappa shape index (κ1) is 9.19. The average molecular weight is 183 g/mol. The van der Waals surface area contributed by atoms with E-state index in [1.807, 2.05) is 6.92 Å². The third-order valence-electron chi connectivity index (χ3n) is 1.29. The topological polar surface area (TPSA) is 37.8 Å². The summed E-state index contributed by atoms with van der Waals surface area (Å²) in [6, 6.07) is 0. The normalized spacial score (nSPS) is 9.58. The first-order chi connectivity index (χ1) is 5.68. The Labute approximate surface area is 76.5 Å². The number of anilines is 1. The van der Waals surface area contributed by atoms with Gasteiger partial charge in [-0.3, -0.25) is 0 Å². The number of hydrogen-bond donors (Lipinski definition) is 1. The van der Waals surface area contributed by atoms with E-state index in [1.165, 1.54) is 5.57 Å². The molecule has 12 heavy (non-hydrogen) atoms. The Kier molecular flexibility index (Phi) is 3.22. The lowest BCUT2D eigenvalue weighted by Gasteiger charge is -1.95. The van der Waals surface area contributed by atoms with Gasteiger partial charge in [-0.25, -0.2) is 0 Å². The van der Waals surface area contributed by atoms with Gasteiger partial charge in [-0.15, -0.1) is 10.2 Å². The lowest BCUT2D eigenvalue weighted by molar-refractivity contribution is 1.04. The molecule has 1 aromatic rings. The van der Waals surface area contributed by atoms with Crippen molar-refractivity contribution in [2.24, 2.45) is 0 Å². The highest BCUT2D eigenvalue weighted by atomic mass is 32.1. The van der Waals surface area contributed by atoms with E-state index in [0.717, 1.165) is 16.7 Å². The minimum atomic E-state index is 0.830. The van der Waals surface area contributed by atoms with E-state index in [0.29, 0.717) is 0 Å². The molecule has 0 saturated carbocycles. The van der Waals surface area contributed by atoms with Crippen LogP contribution in [-0.4, -0.2) is 16.7 Å². The van der Waals surface area contributed by atoms with Gasteiger partial charge in [0.1, 0.15) is 5.01 Å². The summed E-state index contributed by atoms with van der Waals surface area (Å²) < 4.78 is 0. The van der Waals surface area contributed by atoms with E-state index in [1.54, 1.807) is 11.3 Å². The molecule has 1 N–H and O–H groups in total. The number of aromatic nitrogens is 2. The molecule has 0 radical (unpaired) electrons. The zero-order valence-electron chi connectivity index (χ0n) is 7.59. The molecule has 0 aromatic carbocycles. The van der Waals surface area contributed by atoms with Gasteiger partial charge in [0, 0.05) is 6.54 Å². The molecule has 0 aliphatic rings. The highest BCUT2D eigenvalue weighted by Crippen LogP contribution is 2.12. The van der Waals surface area contributed by atoms with Gasteiger partial charge in [0.25, 0.3) is 0 Å². The molecule has 3 nitrogen and oxygen atoms in total. The van der Waals surface area contributed by atoms with Crippen LogP contribution in [0.5, 0.6) is 0 Å². The number of hydrogen-bond acceptors (Lipinski definition) is 4. The van der Waals surface area contributed by atoms with Crippen molar-refractivity contribution in [1.82, 2.24) is 10.2 Å². The second-order valence-electron chi connectivity index (χ2n) is 2.79. The Morgan fingerprint density at radius 3 is 2.75 bits per heavy atom. The summed E-state index contributed by atoms with van der Waals surface area (Å²) in [4.78, 5) is 0. The van der Waals surface area contributed by atoms with Crippen molar-refractivity contribution >= 4 is 16.5 Å². The van der Waals surface area contributed by atoms with Crippen LogP contribution in [0.2, 0.25) is 0 Å². The van der Waals surface area contributed by atoms with Crippen LogP contribution in [0.25, 0.3) is 0 Å². The molecule has 0 saturated heterocycles. The molecule has 0 aliphatic heterocycles. The van der Waals surface area contributed by atoms with Gasteiger partial charge in [0.15, 0.2) is 0 Å². The van der Waals surface area contributed by atoms with Gasteiger partial charge < -0.3 is 5.32 Å². The Hall–Kier alpha value is -0.900. The molecule has 66 valence electrons. The fourth-order valence-electron chi connectivity index (χ4n) is 0.710. The first-order valence-electron chi connectivity index (χ1n) is 3.86. The van der Waals surface area contributed by atoms with Crippen LogP contribution in [0.3, 0.4) is 0 Å². The quantitative estimate of drug-likeness (QED) is 0.730. The van der Waals surface area contributed by atoms with Crippen LogP contribution in [0.15, 0.2) is 11.6 Å². The first-order valence-corrected chi connectivity index (χ1v) is 4.67. The van der Waals surface area contributed by atoms with Crippen LogP contribution in [0, 0.1) is 6.92 Å².